The third-order valence-corrected chi connectivity index (χ3v) is 7.70. The number of halogens is 3. The average Bonchev–Trinajstić information content (AvgIpc) is 2.94. The number of fused-ring (bicyclic) bond motifs is 1. The van der Waals surface area contributed by atoms with Gasteiger partial charge in [-0.05, 0) is 70.2 Å². The molecule has 2 aromatic heterocycles. The van der Waals surface area contributed by atoms with Crippen LogP contribution in [0.15, 0.2) is 65.3 Å². The highest BCUT2D eigenvalue weighted by atomic mass is 79.9. The predicted octanol–water partition coefficient (Wildman–Crippen LogP) is 5.82. The molecule has 0 bridgehead atoms. The topological polar surface area (TPSA) is 83.2 Å². The van der Waals surface area contributed by atoms with Gasteiger partial charge in [-0.25, -0.2) is 24.6 Å². The number of pyridine rings is 1. The summed E-state index contributed by atoms with van der Waals surface area (Å²) in [4.78, 5) is 18.7. The monoisotopic (exact) mass is 581 g/mol. The molecule has 7 nitrogen and oxygen atoms in total. The van der Waals surface area contributed by atoms with Crippen molar-refractivity contribution in [1.29, 1.82) is 0 Å². The van der Waals surface area contributed by atoms with Gasteiger partial charge in [-0.2, -0.15) is 4.98 Å². The van der Waals surface area contributed by atoms with Crippen LogP contribution >= 0.6 is 15.9 Å². The first-order valence-corrected chi connectivity index (χ1v) is 13.5. The Morgan fingerprint density at radius 2 is 1.55 bits per heavy atom. The number of nitrogen functional groups attached to an aromatic ring is 1. The van der Waals surface area contributed by atoms with Gasteiger partial charge in [0, 0.05) is 35.8 Å². The zero-order valence-corrected chi connectivity index (χ0v) is 22.9. The van der Waals surface area contributed by atoms with Gasteiger partial charge in [0.2, 0.25) is 5.95 Å². The molecule has 1 aliphatic rings. The first kappa shape index (κ1) is 26.4. The lowest BCUT2D eigenvalue weighted by atomic mass is 9.91. The molecule has 38 heavy (non-hydrogen) atoms. The summed E-state index contributed by atoms with van der Waals surface area (Å²) in [6.45, 7) is 5.74. The zero-order valence-electron chi connectivity index (χ0n) is 21.3. The van der Waals surface area contributed by atoms with Crippen LogP contribution in [0.2, 0.25) is 0 Å². The number of benzene rings is 2. The third-order valence-electron chi connectivity index (χ3n) is 7.27. The summed E-state index contributed by atoms with van der Waals surface area (Å²) in [6, 6.07) is 15.2. The molecule has 1 saturated heterocycles. The fourth-order valence-corrected chi connectivity index (χ4v) is 5.69. The van der Waals surface area contributed by atoms with Crippen molar-refractivity contribution in [2.75, 3.05) is 23.4 Å². The molecule has 4 aromatic rings. The Bertz CT molecular complexity index is 1360. The number of nitrogens with one attached hydrogen (secondary N) is 1. The maximum Gasteiger partial charge on any atom is 0.239 e. The van der Waals surface area contributed by atoms with Crippen molar-refractivity contribution in [3.05, 3.63) is 88.0 Å². The van der Waals surface area contributed by atoms with Crippen LogP contribution < -0.4 is 16.2 Å². The number of rotatable bonds is 7. The van der Waals surface area contributed by atoms with E-state index < -0.39 is 0 Å². The Morgan fingerprint density at radius 3 is 2.11 bits per heavy atom. The van der Waals surface area contributed by atoms with Gasteiger partial charge in [0.1, 0.15) is 17.2 Å². The molecule has 5 rings (SSSR count). The molecule has 0 radical (unpaired) electrons. The SMILES string of the molecule is CC[C@H]1CN(C(c2ccc(F)cc2)c2ccc(F)cc2)[C@H](CC)CN1c1nc(NN)nc2cc(Br)cnc12. The number of hydrogen-bond acceptors (Lipinski definition) is 7. The quantitative estimate of drug-likeness (QED) is 0.210. The van der Waals surface area contributed by atoms with Crippen molar-refractivity contribution in [1.82, 2.24) is 19.9 Å². The Balaban J connectivity index is 1.58. The van der Waals surface area contributed by atoms with E-state index in [1.165, 1.54) is 24.3 Å². The number of anilines is 2. The molecule has 0 spiro atoms. The summed E-state index contributed by atoms with van der Waals surface area (Å²) in [5.74, 6) is 6.22. The van der Waals surface area contributed by atoms with Crippen LogP contribution in [0.4, 0.5) is 20.5 Å². The molecule has 1 fully saturated rings. The van der Waals surface area contributed by atoms with Gasteiger partial charge in [-0.15, -0.1) is 0 Å². The minimum atomic E-state index is -0.283. The molecule has 0 unspecified atom stereocenters. The fourth-order valence-electron chi connectivity index (χ4n) is 5.37. The summed E-state index contributed by atoms with van der Waals surface area (Å²) in [7, 11) is 0. The van der Waals surface area contributed by atoms with E-state index in [2.05, 4.69) is 55.0 Å². The number of hydrogen-bond donors (Lipinski definition) is 2. The van der Waals surface area contributed by atoms with Crippen LogP contribution in [0.25, 0.3) is 11.0 Å². The van der Waals surface area contributed by atoms with Crippen LogP contribution in [0.3, 0.4) is 0 Å². The highest BCUT2D eigenvalue weighted by Gasteiger charge is 2.38. The van der Waals surface area contributed by atoms with Crippen molar-refractivity contribution in [2.45, 2.75) is 44.8 Å². The molecule has 0 amide bonds. The van der Waals surface area contributed by atoms with Crippen molar-refractivity contribution in [3.8, 4) is 0 Å². The highest BCUT2D eigenvalue weighted by molar-refractivity contribution is 9.10. The van der Waals surface area contributed by atoms with E-state index in [0.29, 0.717) is 23.5 Å². The maximum absolute atomic E-state index is 13.9. The minimum Gasteiger partial charge on any atom is -0.349 e. The van der Waals surface area contributed by atoms with Gasteiger partial charge in [0.15, 0.2) is 5.82 Å². The minimum absolute atomic E-state index is 0.107. The number of nitrogens with two attached hydrogens (primary N) is 1. The van der Waals surface area contributed by atoms with Crippen LogP contribution in [0.1, 0.15) is 43.9 Å². The predicted molar refractivity (Wildman–Crippen MR) is 150 cm³/mol. The van der Waals surface area contributed by atoms with Crippen LogP contribution in [0.5, 0.6) is 0 Å². The number of piperazine rings is 1. The lowest BCUT2D eigenvalue weighted by Gasteiger charge is -2.50. The molecule has 2 atom stereocenters. The molecule has 2 aromatic carbocycles. The second-order valence-electron chi connectivity index (χ2n) is 9.52. The van der Waals surface area contributed by atoms with E-state index in [0.717, 1.165) is 40.8 Å². The van der Waals surface area contributed by atoms with Gasteiger partial charge in [0.25, 0.3) is 0 Å². The van der Waals surface area contributed by atoms with Gasteiger partial charge in [-0.1, -0.05) is 38.1 Å². The fraction of sp³-hybridized carbons (Fsp3) is 0.321. The van der Waals surface area contributed by atoms with Gasteiger partial charge in [0.05, 0.1) is 11.6 Å². The Hall–Kier alpha value is -3.21. The average molecular weight is 582 g/mol. The smallest absolute Gasteiger partial charge is 0.239 e. The molecular weight excluding hydrogens is 552 g/mol. The standard InChI is InChI=1S/C28H30BrF2N7/c1-3-22-16-38(27-25-24(13-19(29)14-33-25)34-28(35-27)36-32)23(4-2)15-37(22)26(17-5-9-20(30)10-6-17)18-7-11-21(31)12-8-18/h5-14,22-23,26H,3-4,15-16,32H2,1-2H3,(H,34,35,36)/t22-,23+/m1/s1. The molecule has 3 heterocycles. The van der Waals surface area contributed by atoms with Crippen molar-refractivity contribution < 1.29 is 8.78 Å². The first-order chi connectivity index (χ1) is 18.4. The molecule has 10 heteroatoms. The summed E-state index contributed by atoms with van der Waals surface area (Å²) in [6.07, 6.45) is 3.48. The van der Waals surface area contributed by atoms with Crippen LogP contribution in [0, 0.1) is 11.6 Å². The first-order valence-electron chi connectivity index (χ1n) is 12.7. The third kappa shape index (κ3) is 5.21. The molecule has 198 valence electrons. The Morgan fingerprint density at radius 1 is 0.947 bits per heavy atom. The second kappa shape index (κ2) is 11.3. The lowest BCUT2D eigenvalue weighted by Crippen LogP contribution is -2.59. The highest BCUT2D eigenvalue weighted by Crippen LogP contribution is 2.37. The number of nitrogens with zero attached hydrogens (tertiary/aromatic N) is 5. The summed E-state index contributed by atoms with van der Waals surface area (Å²) < 4.78 is 28.5. The summed E-state index contributed by atoms with van der Waals surface area (Å²) >= 11 is 3.48. The molecule has 1 aliphatic heterocycles. The van der Waals surface area contributed by atoms with Gasteiger partial charge >= 0.3 is 0 Å². The van der Waals surface area contributed by atoms with Gasteiger partial charge < -0.3 is 4.90 Å². The Labute approximate surface area is 229 Å². The van der Waals surface area contributed by atoms with Crippen LogP contribution in [-0.4, -0.2) is 45.0 Å². The Kier molecular flexibility index (Phi) is 7.83. The zero-order chi connectivity index (χ0) is 26.8. The summed E-state index contributed by atoms with van der Waals surface area (Å²) in [5, 5.41) is 0. The van der Waals surface area contributed by atoms with Crippen molar-refractivity contribution in [3.63, 3.8) is 0 Å². The van der Waals surface area contributed by atoms with E-state index in [4.69, 9.17) is 10.8 Å². The van der Waals surface area contributed by atoms with Crippen molar-refractivity contribution >= 4 is 38.7 Å². The summed E-state index contributed by atoms with van der Waals surface area (Å²) in [5.41, 5.74) is 5.93. The molecule has 3 N–H and O–H groups in total. The number of hydrazine groups is 1. The number of aromatic nitrogens is 3. The lowest BCUT2D eigenvalue weighted by molar-refractivity contribution is 0.110. The largest absolute Gasteiger partial charge is 0.349 e. The van der Waals surface area contributed by atoms with E-state index >= 15 is 0 Å². The maximum atomic E-state index is 13.9. The van der Waals surface area contributed by atoms with Crippen LogP contribution in [-0.2, 0) is 0 Å². The van der Waals surface area contributed by atoms with E-state index in [-0.39, 0.29) is 29.8 Å². The van der Waals surface area contributed by atoms with Crippen molar-refractivity contribution in [2.24, 2.45) is 5.84 Å². The molecule has 0 aliphatic carbocycles. The normalized spacial score (nSPS) is 18.3. The van der Waals surface area contributed by atoms with Gasteiger partial charge in [-0.3, -0.25) is 10.3 Å². The molecular formula is C28H30BrF2N7. The van der Waals surface area contributed by atoms with E-state index in [1.54, 1.807) is 6.20 Å². The second-order valence-corrected chi connectivity index (χ2v) is 10.4. The van der Waals surface area contributed by atoms with E-state index in [9.17, 15) is 8.78 Å². The molecule has 0 saturated carbocycles. The van der Waals surface area contributed by atoms with E-state index in [1.807, 2.05) is 30.3 Å².